The number of benzene rings is 2. The van der Waals surface area contributed by atoms with Gasteiger partial charge in [0.2, 0.25) is 17.7 Å². The standard InChI is InChI=1S/C17H10ClN5O4S/c18-12-3-1-2-11(8-12)16-21-22-17(27-16)28-9-14-19-20-15(26-14)10-4-6-13(7-5-10)23(24)25/h1-8H,9H2. The van der Waals surface area contributed by atoms with Gasteiger partial charge in [0.05, 0.1) is 10.7 Å². The molecule has 0 fully saturated rings. The summed E-state index contributed by atoms with van der Waals surface area (Å²) < 4.78 is 11.2. The van der Waals surface area contributed by atoms with Crippen molar-refractivity contribution in [3.8, 4) is 22.9 Å². The summed E-state index contributed by atoms with van der Waals surface area (Å²) in [5, 5.41) is 27.5. The first-order valence-electron chi connectivity index (χ1n) is 7.88. The third kappa shape index (κ3) is 4.02. The molecule has 0 aliphatic heterocycles. The van der Waals surface area contributed by atoms with Crippen molar-refractivity contribution in [2.24, 2.45) is 0 Å². The number of non-ortho nitro benzene ring substituents is 1. The lowest BCUT2D eigenvalue weighted by Gasteiger charge is -1.95. The van der Waals surface area contributed by atoms with Crippen molar-refractivity contribution in [3.63, 3.8) is 0 Å². The Labute approximate surface area is 166 Å². The molecule has 0 bridgehead atoms. The summed E-state index contributed by atoms with van der Waals surface area (Å²) >= 11 is 7.21. The molecule has 0 atom stereocenters. The highest BCUT2D eigenvalue weighted by atomic mass is 35.5. The lowest BCUT2D eigenvalue weighted by molar-refractivity contribution is -0.384. The van der Waals surface area contributed by atoms with Gasteiger partial charge in [0.1, 0.15) is 0 Å². The molecule has 2 aromatic carbocycles. The van der Waals surface area contributed by atoms with Crippen molar-refractivity contribution in [2.75, 3.05) is 0 Å². The molecule has 0 unspecified atom stereocenters. The number of aromatic nitrogens is 4. The SMILES string of the molecule is O=[N+]([O-])c1ccc(-c2nnc(CSc3nnc(-c4cccc(Cl)c4)o3)o2)cc1. The molecule has 0 aliphatic carbocycles. The van der Waals surface area contributed by atoms with E-state index in [1.165, 1.54) is 23.9 Å². The van der Waals surface area contributed by atoms with Gasteiger partial charge in [-0.3, -0.25) is 10.1 Å². The van der Waals surface area contributed by atoms with Crippen molar-refractivity contribution in [1.29, 1.82) is 0 Å². The fourth-order valence-electron chi connectivity index (χ4n) is 2.28. The van der Waals surface area contributed by atoms with Crippen LogP contribution in [0.1, 0.15) is 5.89 Å². The molecule has 2 aromatic heterocycles. The van der Waals surface area contributed by atoms with Crippen molar-refractivity contribution in [1.82, 2.24) is 20.4 Å². The van der Waals surface area contributed by atoms with Gasteiger partial charge in [-0.25, -0.2) is 0 Å². The Hall–Kier alpha value is -3.24. The van der Waals surface area contributed by atoms with Crippen LogP contribution in [-0.4, -0.2) is 25.3 Å². The maximum atomic E-state index is 10.7. The van der Waals surface area contributed by atoms with E-state index in [9.17, 15) is 10.1 Å². The van der Waals surface area contributed by atoms with E-state index in [1.54, 1.807) is 30.3 Å². The number of hydrogen-bond acceptors (Lipinski definition) is 9. The molecule has 0 amide bonds. The van der Waals surface area contributed by atoms with Crippen LogP contribution < -0.4 is 0 Å². The molecule has 28 heavy (non-hydrogen) atoms. The number of nitro benzene ring substituents is 1. The first kappa shape index (κ1) is 18.1. The highest BCUT2D eigenvalue weighted by Crippen LogP contribution is 2.28. The molecule has 0 saturated heterocycles. The topological polar surface area (TPSA) is 121 Å². The third-order valence-electron chi connectivity index (χ3n) is 3.59. The predicted octanol–water partition coefficient (Wildman–Crippen LogP) is 4.64. The number of halogens is 1. The average molecular weight is 416 g/mol. The summed E-state index contributed by atoms with van der Waals surface area (Å²) in [5.41, 5.74) is 1.31. The Kier molecular flexibility index (Phi) is 5.04. The average Bonchev–Trinajstić information content (AvgIpc) is 3.36. The Morgan fingerprint density at radius 2 is 1.71 bits per heavy atom. The summed E-state index contributed by atoms with van der Waals surface area (Å²) in [5.74, 6) is 1.33. The highest BCUT2D eigenvalue weighted by molar-refractivity contribution is 7.98. The summed E-state index contributed by atoms with van der Waals surface area (Å²) in [7, 11) is 0. The number of rotatable bonds is 6. The molecule has 0 N–H and O–H groups in total. The summed E-state index contributed by atoms with van der Waals surface area (Å²) in [6.07, 6.45) is 0. The van der Waals surface area contributed by atoms with Crippen molar-refractivity contribution in [2.45, 2.75) is 11.0 Å². The van der Waals surface area contributed by atoms with Gasteiger partial charge in [-0.2, -0.15) is 0 Å². The van der Waals surface area contributed by atoms with E-state index in [1.807, 2.05) is 6.07 Å². The molecule has 0 spiro atoms. The van der Waals surface area contributed by atoms with Crippen LogP contribution >= 0.6 is 23.4 Å². The summed E-state index contributed by atoms with van der Waals surface area (Å²) in [4.78, 5) is 10.2. The Morgan fingerprint density at radius 3 is 2.46 bits per heavy atom. The predicted molar refractivity (Wildman–Crippen MR) is 101 cm³/mol. The van der Waals surface area contributed by atoms with E-state index < -0.39 is 4.92 Å². The molecule has 4 aromatic rings. The maximum Gasteiger partial charge on any atom is 0.277 e. The second kappa shape index (κ2) is 7.79. The monoisotopic (exact) mass is 415 g/mol. The van der Waals surface area contributed by atoms with Crippen LogP contribution in [0.15, 0.2) is 62.6 Å². The second-order valence-corrected chi connectivity index (χ2v) is 6.84. The first-order valence-corrected chi connectivity index (χ1v) is 9.24. The van der Waals surface area contributed by atoms with Crippen molar-refractivity contribution in [3.05, 3.63) is 69.6 Å². The lowest BCUT2D eigenvalue weighted by atomic mass is 10.2. The smallest absolute Gasteiger partial charge is 0.277 e. The fourth-order valence-corrected chi connectivity index (χ4v) is 3.07. The zero-order valence-electron chi connectivity index (χ0n) is 14.0. The first-order chi connectivity index (χ1) is 13.6. The van der Waals surface area contributed by atoms with E-state index in [0.717, 1.165) is 5.56 Å². The Balaban J connectivity index is 1.42. The van der Waals surface area contributed by atoms with Crippen molar-refractivity contribution >= 4 is 29.1 Å². The van der Waals surface area contributed by atoms with Crippen LogP contribution in [0.5, 0.6) is 0 Å². The van der Waals surface area contributed by atoms with Gasteiger partial charge in [0, 0.05) is 28.3 Å². The van der Waals surface area contributed by atoms with Gasteiger partial charge in [0.25, 0.3) is 10.9 Å². The molecule has 2 heterocycles. The lowest BCUT2D eigenvalue weighted by Crippen LogP contribution is -1.87. The second-order valence-electron chi connectivity index (χ2n) is 5.48. The van der Waals surface area contributed by atoms with Gasteiger partial charge >= 0.3 is 0 Å². The largest absolute Gasteiger partial charge is 0.420 e. The van der Waals surface area contributed by atoms with Gasteiger partial charge in [-0.1, -0.05) is 29.4 Å². The minimum absolute atomic E-state index is 0.00838. The van der Waals surface area contributed by atoms with Crippen LogP contribution in [-0.2, 0) is 5.75 Å². The van der Waals surface area contributed by atoms with E-state index in [-0.39, 0.29) is 11.6 Å². The van der Waals surface area contributed by atoms with E-state index in [0.29, 0.717) is 33.3 Å². The van der Waals surface area contributed by atoms with E-state index in [4.69, 9.17) is 20.4 Å². The van der Waals surface area contributed by atoms with Crippen LogP contribution in [0.4, 0.5) is 5.69 Å². The zero-order valence-corrected chi connectivity index (χ0v) is 15.6. The molecule has 140 valence electrons. The zero-order chi connectivity index (χ0) is 19.5. The van der Waals surface area contributed by atoms with Crippen molar-refractivity contribution < 1.29 is 13.8 Å². The number of nitrogens with zero attached hydrogens (tertiary/aromatic N) is 5. The number of nitro groups is 1. The molecular formula is C17H10ClN5O4S. The Morgan fingerprint density at radius 1 is 0.964 bits per heavy atom. The Bertz CT molecular complexity index is 1130. The van der Waals surface area contributed by atoms with E-state index >= 15 is 0 Å². The number of hydrogen-bond donors (Lipinski definition) is 0. The molecule has 0 radical (unpaired) electrons. The summed E-state index contributed by atoms with van der Waals surface area (Å²) in [6.45, 7) is 0. The molecule has 0 aliphatic rings. The minimum atomic E-state index is -0.471. The van der Waals surface area contributed by atoms with Gasteiger partial charge in [-0.05, 0) is 30.3 Å². The van der Waals surface area contributed by atoms with Crippen LogP contribution in [0, 0.1) is 10.1 Å². The normalized spacial score (nSPS) is 10.9. The van der Waals surface area contributed by atoms with Crippen LogP contribution in [0.2, 0.25) is 5.02 Å². The molecule has 11 heteroatoms. The van der Waals surface area contributed by atoms with E-state index in [2.05, 4.69) is 20.4 Å². The molecular weight excluding hydrogens is 406 g/mol. The molecule has 0 saturated carbocycles. The number of thioether (sulfide) groups is 1. The van der Waals surface area contributed by atoms with Gasteiger partial charge in [0.15, 0.2) is 0 Å². The van der Waals surface area contributed by atoms with Crippen LogP contribution in [0.25, 0.3) is 22.9 Å². The highest BCUT2D eigenvalue weighted by Gasteiger charge is 2.14. The quantitative estimate of drug-likeness (QED) is 0.251. The maximum absolute atomic E-state index is 10.7. The van der Waals surface area contributed by atoms with Gasteiger partial charge < -0.3 is 8.83 Å². The fraction of sp³-hybridized carbons (Fsp3) is 0.0588. The summed E-state index contributed by atoms with van der Waals surface area (Å²) in [6, 6.07) is 13.0. The van der Waals surface area contributed by atoms with Crippen LogP contribution in [0.3, 0.4) is 0 Å². The van der Waals surface area contributed by atoms with Gasteiger partial charge in [-0.15, -0.1) is 20.4 Å². The molecule has 9 nitrogen and oxygen atoms in total. The molecule has 4 rings (SSSR count). The minimum Gasteiger partial charge on any atom is -0.420 e. The third-order valence-corrected chi connectivity index (χ3v) is 4.63.